The molecule has 1 aromatic rings. The third-order valence-corrected chi connectivity index (χ3v) is 4.45. The minimum atomic E-state index is 0.692. The van der Waals surface area contributed by atoms with Crippen LogP contribution in [0, 0.1) is 12.8 Å². The van der Waals surface area contributed by atoms with Crippen LogP contribution in [0.15, 0.2) is 18.2 Å². The highest BCUT2D eigenvalue weighted by Crippen LogP contribution is 2.24. The third-order valence-electron chi connectivity index (χ3n) is 4.45. The third kappa shape index (κ3) is 4.45. The molecule has 118 valence electrons. The standard InChI is InChI=1S/C18H31N3/c1-14(2)11-19-12-16-6-7-17(10-15(16)3)21-9-8-18(13-21)20(4)5/h6-7,10,14,18-19H,8-9,11-13H2,1-5H3. The summed E-state index contributed by atoms with van der Waals surface area (Å²) in [6.45, 7) is 11.1. The van der Waals surface area contributed by atoms with E-state index in [1.165, 1.54) is 29.8 Å². The van der Waals surface area contributed by atoms with Crippen molar-refractivity contribution >= 4 is 5.69 Å². The molecule has 1 saturated heterocycles. The molecule has 1 aliphatic heterocycles. The van der Waals surface area contributed by atoms with Crippen LogP contribution in [0.25, 0.3) is 0 Å². The van der Waals surface area contributed by atoms with E-state index >= 15 is 0 Å². The molecular formula is C18H31N3. The van der Waals surface area contributed by atoms with Crippen LogP contribution in [0.4, 0.5) is 5.69 Å². The van der Waals surface area contributed by atoms with Crippen LogP contribution in [-0.2, 0) is 6.54 Å². The molecular weight excluding hydrogens is 258 g/mol. The van der Waals surface area contributed by atoms with Gasteiger partial charge in [-0.15, -0.1) is 0 Å². The van der Waals surface area contributed by atoms with Crippen molar-refractivity contribution in [2.24, 2.45) is 5.92 Å². The number of hydrogen-bond donors (Lipinski definition) is 1. The Hall–Kier alpha value is -1.06. The van der Waals surface area contributed by atoms with E-state index in [-0.39, 0.29) is 0 Å². The van der Waals surface area contributed by atoms with Crippen molar-refractivity contribution in [1.29, 1.82) is 0 Å². The van der Waals surface area contributed by atoms with Gasteiger partial charge in [0, 0.05) is 31.4 Å². The number of anilines is 1. The summed E-state index contributed by atoms with van der Waals surface area (Å²) in [6.07, 6.45) is 1.27. The second-order valence-electron chi connectivity index (χ2n) is 6.99. The van der Waals surface area contributed by atoms with Crippen molar-refractivity contribution in [3.05, 3.63) is 29.3 Å². The highest BCUT2D eigenvalue weighted by Gasteiger charge is 2.24. The molecule has 1 atom stereocenters. The number of rotatable bonds is 6. The van der Waals surface area contributed by atoms with Crippen molar-refractivity contribution in [1.82, 2.24) is 10.2 Å². The van der Waals surface area contributed by atoms with Gasteiger partial charge in [0.2, 0.25) is 0 Å². The van der Waals surface area contributed by atoms with E-state index in [2.05, 4.69) is 68.2 Å². The molecule has 0 spiro atoms. The second-order valence-corrected chi connectivity index (χ2v) is 6.99. The van der Waals surface area contributed by atoms with Gasteiger partial charge in [-0.1, -0.05) is 19.9 Å². The molecule has 2 rings (SSSR count). The lowest BCUT2D eigenvalue weighted by Crippen LogP contribution is -2.31. The Bertz CT molecular complexity index is 454. The van der Waals surface area contributed by atoms with Gasteiger partial charge in [0.15, 0.2) is 0 Å². The molecule has 1 unspecified atom stereocenters. The van der Waals surface area contributed by atoms with E-state index in [0.717, 1.165) is 19.6 Å². The summed E-state index contributed by atoms with van der Waals surface area (Å²) in [4.78, 5) is 4.86. The highest BCUT2D eigenvalue weighted by molar-refractivity contribution is 5.51. The van der Waals surface area contributed by atoms with Crippen LogP contribution < -0.4 is 10.2 Å². The number of likely N-dealkylation sites (N-methyl/N-ethyl adjacent to an activating group) is 1. The van der Waals surface area contributed by atoms with Gasteiger partial charge in [0.25, 0.3) is 0 Å². The first-order chi connectivity index (χ1) is 9.97. The van der Waals surface area contributed by atoms with Crippen LogP contribution >= 0.6 is 0 Å². The zero-order valence-corrected chi connectivity index (χ0v) is 14.3. The quantitative estimate of drug-likeness (QED) is 0.869. The number of nitrogens with zero attached hydrogens (tertiary/aromatic N) is 2. The lowest BCUT2D eigenvalue weighted by molar-refractivity contribution is 0.315. The fourth-order valence-electron chi connectivity index (χ4n) is 2.97. The minimum absolute atomic E-state index is 0.692. The zero-order valence-electron chi connectivity index (χ0n) is 14.3. The maximum atomic E-state index is 3.53. The number of benzene rings is 1. The lowest BCUT2D eigenvalue weighted by Gasteiger charge is -2.22. The van der Waals surface area contributed by atoms with Crippen molar-refractivity contribution in [2.45, 2.75) is 39.8 Å². The Labute approximate surface area is 130 Å². The summed E-state index contributed by atoms with van der Waals surface area (Å²) in [7, 11) is 4.37. The molecule has 1 N–H and O–H groups in total. The van der Waals surface area contributed by atoms with E-state index in [4.69, 9.17) is 0 Å². The molecule has 0 saturated carbocycles. The monoisotopic (exact) mass is 289 g/mol. The molecule has 0 amide bonds. The average Bonchev–Trinajstić information content (AvgIpc) is 2.90. The van der Waals surface area contributed by atoms with Crippen LogP contribution in [0.3, 0.4) is 0 Å². The molecule has 0 bridgehead atoms. The number of hydrogen-bond acceptors (Lipinski definition) is 3. The number of nitrogens with one attached hydrogen (secondary N) is 1. The van der Waals surface area contributed by atoms with Gasteiger partial charge in [0.1, 0.15) is 0 Å². The summed E-state index contributed by atoms with van der Waals surface area (Å²) in [5.41, 5.74) is 4.20. The van der Waals surface area contributed by atoms with E-state index in [1.54, 1.807) is 0 Å². The summed E-state index contributed by atoms with van der Waals surface area (Å²) >= 11 is 0. The minimum Gasteiger partial charge on any atom is -0.370 e. The highest BCUT2D eigenvalue weighted by atomic mass is 15.2. The average molecular weight is 289 g/mol. The Kier molecular flexibility index (Phi) is 5.65. The molecule has 3 nitrogen and oxygen atoms in total. The second kappa shape index (κ2) is 7.28. The molecule has 1 fully saturated rings. The summed E-state index contributed by atoms with van der Waals surface area (Å²) in [6, 6.07) is 7.63. The Morgan fingerprint density at radius 3 is 2.67 bits per heavy atom. The lowest BCUT2D eigenvalue weighted by atomic mass is 10.1. The normalized spacial score (nSPS) is 19.0. The van der Waals surface area contributed by atoms with Crippen molar-refractivity contribution in [3.8, 4) is 0 Å². The first-order valence-electron chi connectivity index (χ1n) is 8.19. The maximum absolute atomic E-state index is 3.53. The molecule has 0 aromatic heterocycles. The van der Waals surface area contributed by atoms with Crippen LogP contribution in [0.1, 0.15) is 31.4 Å². The topological polar surface area (TPSA) is 18.5 Å². The van der Waals surface area contributed by atoms with Gasteiger partial charge < -0.3 is 15.1 Å². The van der Waals surface area contributed by atoms with E-state index in [1.807, 2.05) is 0 Å². The molecule has 3 heteroatoms. The summed E-state index contributed by atoms with van der Waals surface area (Å²) in [5, 5.41) is 3.53. The first-order valence-corrected chi connectivity index (χ1v) is 8.19. The largest absolute Gasteiger partial charge is 0.370 e. The smallest absolute Gasteiger partial charge is 0.0369 e. The van der Waals surface area contributed by atoms with E-state index in [9.17, 15) is 0 Å². The SMILES string of the molecule is Cc1cc(N2CCC(N(C)C)C2)ccc1CNCC(C)C. The predicted molar refractivity (Wildman–Crippen MR) is 92.0 cm³/mol. The van der Waals surface area contributed by atoms with Gasteiger partial charge in [-0.25, -0.2) is 0 Å². The fourth-order valence-corrected chi connectivity index (χ4v) is 2.97. The molecule has 1 heterocycles. The van der Waals surface area contributed by atoms with Gasteiger partial charge in [-0.05, 0) is 63.2 Å². The van der Waals surface area contributed by atoms with Crippen LogP contribution in [0.2, 0.25) is 0 Å². The maximum Gasteiger partial charge on any atom is 0.0369 e. The Morgan fingerprint density at radius 1 is 1.33 bits per heavy atom. The molecule has 1 aliphatic rings. The molecule has 0 radical (unpaired) electrons. The van der Waals surface area contributed by atoms with Crippen molar-refractivity contribution < 1.29 is 0 Å². The molecule has 0 aliphatic carbocycles. The number of aryl methyl sites for hydroxylation is 1. The van der Waals surface area contributed by atoms with Gasteiger partial charge >= 0.3 is 0 Å². The van der Waals surface area contributed by atoms with Crippen LogP contribution in [0.5, 0.6) is 0 Å². The van der Waals surface area contributed by atoms with Gasteiger partial charge in [0.05, 0.1) is 0 Å². The predicted octanol–water partition coefficient (Wildman–Crippen LogP) is 2.88. The zero-order chi connectivity index (χ0) is 15.4. The van der Waals surface area contributed by atoms with Crippen molar-refractivity contribution in [3.63, 3.8) is 0 Å². The van der Waals surface area contributed by atoms with Gasteiger partial charge in [-0.2, -0.15) is 0 Å². The van der Waals surface area contributed by atoms with E-state index in [0.29, 0.717) is 12.0 Å². The van der Waals surface area contributed by atoms with E-state index < -0.39 is 0 Å². The molecule has 1 aromatic carbocycles. The van der Waals surface area contributed by atoms with Gasteiger partial charge in [-0.3, -0.25) is 0 Å². The Balaban J connectivity index is 1.96. The van der Waals surface area contributed by atoms with Crippen LogP contribution in [-0.4, -0.2) is 44.7 Å². The molecule has 21 heavy (non-hydrogen) atoms. The summed E-state index contributed by atoms with van der Waals surface area (Å²) < 4.78 is 0. The fraction of sp³-hybridized carbons (Fsp3) is 0.667. The first kappa shape index (κ1) is 16.3. The Morgan fingerprint density at radius 2 is 2.10 bits per heavy atom. The van der Waals surface area contributed by atoms with Crippen molar-refractivity contribution in [2.75, 3.05) is 38.6 Å². The summed E-state index contributed by atoms with van der Waals surface area (Å²) in [5.74, 6) is 0.706.